The molecule has 1 saturated carbocycles. The molecular weight excluding hydrogens is 194 g/mol. The van der Waals surface area contributed by atoms with E-state index in [0.717, 1.165) is 6.54 Å². The van der Waals surface area contributed by atoms with E-state index in [1.165, 1.54) is 25.7 Å². The topological polar surface area (TPSA) is 60.8 Å². The molecule has 0 bridgehead atoms. The third kappa shape index (κ3) is 2.49. The van der Waals surface area contributed by atoms with Gasteiger partial charge in [0.2, 0.25) is 0 Å². The predicted octanol–water partition coefficient (Wildman–Crippen LogP) is 0.840. The van der Waals surface area contributed by atoms with Crippen molar-refractivity contribution >= 4 is 5.97 Å². The molecule has 4 heteroatoms. The van der Waals surface area contributed by atoms with Crippen LogP contribution in [-0.2, 0) is 4.79 Å². The first-order valence-electron chi connectivity index (χ1n) is 5.77. The van der Waals surface area contributed by atoms with E-state index in [1.807, 2.05) is 0 Å². The van der Waals surface area contributed by atoms with Crippen molar-refractivity contribution in [2.75, 3.05) is 13.1 Å². The van der Waals surface area contributed by atoms with Crippen LogP contribution in [0.5, 0.6) is 0 Å². The Morgan fingerprint density at radius 1 is 1.40 bits per heavy atom. The summed E-state index contributed by atoms with van der Waals surface area (Å²) in [7, 11) is 0. The van der Waals surface area contributed by atoms with Gasteiger partial charge in [0.05, 0.1) is 12.0 Å². The van der Waals surface area contributed by atoms with E-state index in [1.54, 1.807) is 0 Å². The minimum atomic E-state index is -0.978. The minimum absolute atomic E-state index is 0.115. The summed E-state index contributed by atoms with van der Waals surface area (Å²) in [6.45, 7) is 1.40. The number of carboxylic acids is 1. The highest BCUT2D eigenvalue weighted by Gasteiger charge is 2.40. The molecule has 1 heterocycles. The van der Waals surface area contributed by atoms with Crippen LogP contribution in [0, 0.1) is 0 Å². The standard InChI is InChI=1S/C11H19NO3/c13-10(14)7-11(15)5-6-12(8-11)9-3-1-2-4-9/h9,15H,1-8H2,(H,13,14). The number of hydrogen-bond donors (Lipinski definition) is 2. The van der Waals surface area contributed by atoms with Gasteiger partial charge in [-0.2, -0.15) is 0 Å². The van der Waals surface area contributed by atoms with E-state index in [2.05, 4.69) is 4.90 Å². The van der Waals surface area contributed by atoms with Gasteiger partial charge >= 0.3 is 5.97 Å². The number of carboxylic acid groups (broad SMARTS) is 1. The van der Waals surface area contributed by atoms with E-state index < -0.39 is 11.6 Å². The maximum absolute atomic E-state index is 10.6. The molecule has 0 radical (unpaired) electrons. The number of β-amino-alcohol motifs (C(OH)–C–C–N with tert-alkyl or cyclic N) is 1. The predicted molar refractivity (Wildman–Crippen MR) is 55.6 cm³/mol. The Morgan fingerprint density at radius 3 is 2.67 bits per heavy atom. The highest BCUT2D eigenvalue weighted by atomic mass is 16.4. The molecule has 2 rings (SSSR count). The first-order valence-corrected chi connectivity index (χ1v) is 5.77. The van der Waals surface area contributed by atoms with E-state index in [0.29, 0.717) is 19.0 Å². The average molecular weight is 213 g/mol. The first-order chi connectivity index (χ1) is 7.09. The summed E-state index contributed by atoms with van der Waals surface area (Å²) in [6.07, 6.45) is 5.47. The van der Waals surface area contributed by atoms with E-state index >= 15 is 0 Å². The normalized spacial score (nSPS) is 33.7. The molecule has 15 heavy (non-hydrogen) atoms. The summed E-state index contributed by atoms with van der Waals surface area (Å²) in [6, 6.07) is 0.591. The van der Waals surface area contributed by atoms with Crippen molar-refractivity contribution in [3.8, 4) is 0 Å². The second-order valence-corrected chi connectivity index (χ2v) is 4.95. The van der Waals surface area contributed by atoms with Gasteiger partial charge in [-0.15, -0.1) is 0 Å². The lowest BCUT2D eigenvalue weighted by molar-refractivity contribution is -0.142. The molecule has 0 aromatic rings. The van der Waals surface area contributed by atoms with Crippen LogP contribution in [0.4, 0.5) is 0 Å². The first kappa shape index (κ1) is 10.9. The van der Waals surface area contributed by atoms with Crippen molar-refractivity contribution in [1.29, 1.82) is 0 Å². The summed E-state index contributed by atoms with van der Waals surface area (Å²) in [5.41, 5.74) is -0.978. The van der Waals surface area contributed by atoms with Crippen LogP contribution in [0.25, 0.3) is 0 Å². The molecule has 2 fully saturated rings. The molecule has 1 unspecified atom stereocenters. The molecular formula is C11H19NO3. The fourth-order valence-electron chi connectivity index (χ4n) is 2.89. The number of rotatable bonds is 3. The minimum Gasteiger partial charge on any atom is -0.481 e. The Hall–Kier alpha value is -0.610. The van der Waals surface area contributed by atoms with Crippen LogP contribution in [0.3, 0.4) is 0 Å². The molecule has 86 valence electrons. The smallest absolute Gasteiger partial charge is 0.306 e. The highest BCUT2D eigenvalue weighted by Crippen LogP contribution is 2.31. The number of hydrogen-bond acceptors (Lipinski definition) is 3. The summed E-state index contributed by atoms with van der Waals surface area (Å²) in [5, 5.41) is 18.8. The van der Waals surface area contributed by atoms with Gasteiger partial charge in [-0.1, -0.05) is 12.8 Å². The molecule has 0 spiro atoms. The third-order valence-corrected chi connectivity index (χ3v) is 3.68. The van der Waals surface area contributed by atoms with Gasteiger partial charge in [0.1, 0.15) is 0 Å². The Bertz CT molecular complexity index is 250. The zero-order valence-corrected chi connectivity index (χ0v) is 8.98. The second kappa shape index (κ2) is 4.10. The Kier molecular flexibility index (Phi) is 2.98. The third-order valence-electron chi connectivity index (χ3n) is 3.68. The Morgan fingerprint density at radius 2 is 2.07 bits per heavy atom. The van der Waals surface area contributed by atoms with E-state index in [9.17, 15) is 9.90 Å². The number of nitrogens with zero attached hydrogens (tertiary/aromatic N) is 1. The Balaban J connectivity index is 1.90. The zero-order chi connectivity index (χ0) is 10.9. The number of aliphatic carboxylic acids is 1. The van der Waals surface area contributed by atoms with Crippen LogP contribution < -0.4 is 0 Å². The van der Waals surface area contributed by atoms with Crippen molar-refractivity contribution in [1.82, 2.24) is 4.90 Å². The van der Waals surface area contributed by atoms with Crippen molar-refractivity contribution in [2.24, 2.45) is 0 Å². The van der Waals surface area contributed by atoms with Crippen LogP contribution in [0.15, 0.2) is 0 Å². The fraction of sp³-hybridized carbons (Fsp3) is 0.909. The van der Waals surface area contributed by atoms with Crippen molar-refractivity contribution < 1.29 is 15.0 Å². The molecule has 1 aliphatic heterocycles. The molecule has 1 aliphatic carbocycles. The lowest BCUT2D eigenvalue weighted by Gasteiger charge is -2.26. The molecule has 2 aliphatic rings. The monoisotopic (exact) mass is 213 g/mol. The van der Waals surface area contributed by atoms with Crippen molar-refractivity contribution in [3.63, 3.8) is 0 Å². The van der Waals surface area contributed by atoms with Crippen LogP contribution >= 0.6 is 0 Å². The fourth-order valence-corrected chi connectivity index (χ4v) is 2.89. The maximum Gasteiger partial charge on any atom is 0.306 e. The van der Waals surface area contributed by atoms with Gasteiger partial charge in [0, 0.05) is 19.1 Å². The largest absolute Gasteiger partial charge is 0.481 e. The van der Waals surface area contributed by atoms with Crippen molar-refractivity contribution in [2.45, 2.75) is 50.2 Å². The SMILES string of the molecule is O=C(O)CC1(O)CCN(C2CCCC2)C1. The summed E-state index contributed by atoms with van der Waals surface area (Å²) in [4.78, 5) is 12.9. The number of likely N-dealkylation sites (tertiary alicyclic amines) is 1. The number of aliphatic hydroxyl groups is 1. The Labute approximate surface area is 89.9 Å². The van der Waals surface area contributed by atoms with Crippen LogP contribution in [0.1, 0.15) is 38.5 Å². The molecule has 0 aromatic heterocycles. The second-order valence-electron chi connectivity index (χ2n) is 4.95. The van der Waals surface area contributed by atoms with Gasteiger partial charge in [0.15, 0.2) is 0 Å². The lowest BCUT2D eigenvalue weighted by Crippen LogP contribution is -2.38. The maximum atomic E-state index is 10.6. The summed E-state index contributed by atoms with van der Waals surface area (Å²) >= 11 is 0. The van der Waals surface area contributed by atoms with E-state index in [4.69, 9.17) is 5.11 Å². The average Bonchev–Trinajstić information content (AvgIpc) is 2.71. The highest BCUT2D eigenvalue weighted by molar-refractivity contribution is 5.68. The van der Waals surface area contributed by atoms with Gasteiger partial charge in [-0.25, -0.2) is 0 Å². The molecule has 2 N–H and O–H groups in total. The summed E-state index contributed by atoms with van der Waals surface area (Å²) < 4.78 is 0. The lowest BCUT2D eigenvalue weighted by atomic mass is 9.99. The van der Waals surface area contributed by atoms with E-state index in [-0.39, 0.29) is 6.42 Å². The molecule has 1 saturated heterocycles. The number of carbonyl (C=O) groups is 1. The molecule has 0 aromatic carbocycles. The van der Waals surface area contributed by atoms with Gasteiger partial charge in [0.25, 0.3) is 0 Å². The van der Waals surface area contributed by atoms with Crippen LogP contribution in [0.2, 0.25) is 0 Å². The quantitative estimate of drug-likeness (QED) is 0.729. The molecule has 4 nitrogen and oxygen atoms in total. The van der Waals surface area contributed by atoms with Crippen LogP contribution in [-0.4, -0.2) is 45.8 Å². The molecule has 1 atom stereocenters. The molecule has 0 amide bonds. The van der Waals surface area contributed by atoms with Gasteiger partial charge in [-0.3, -0.25) is 9.69 Å². The summed E-state index contributed by atoms with van der Waals surface area (Å²) in [5.74, 6) is -0.897. The van der Waals surface area contributed by atoms with Gasteiger partial charge < -0.3 is 10.2 Å². The van der Waals surface area contributed by atoms with Crippen molar-refractivity contribution in [3.05, 3.63) is 0 Å². The zero-order valence-electron chi connectivity index (χ0n) is 8.98. The van der Waals surface area contributed by atoms with Gasteiger partial charge in [-0.05, 0) is 19.3 Å².